The number of benzene rings is 1. The van der Waals surface area contributed by atoms with Crippen molar-refractivity contribution in [3.63, 3.8) is 0 Å². The van der Waals surface area contributed by atoms with Crippen LogP contribution in [-0.2, 0) is 27.8 Å². The zero-order valence-corrected chi connectivity index (χ0v) is 16.9. The molecule has 1 saturated heterocycles. The van der Waals surface area contributed by atoms with Gasteiger partial charge in [-0.25, -0.2) is 0 Å². The largest absolute Gasteiger partial charge is 0.487 e. The topological polar surface area (TPSA) is 55.8 Å². The number of carbonyl (C=O) groups is 1. The normalized spacial score (nSPS) is 24.8. The van der Waals surface area contributed by atoms with Crippen molar-refractivity contribution in [1.29, 1.82) is 0 Å². The van der Waals surface area contributed by atoms with Crippen LogP contribution in [0.25, 0.3) is 0 Å². The van der Waals surface area contributed by atoms with E-state index in [2.05, 4.69) is 47.6 Å². The van der Waals surface area contributed by atoms with Gasteiger partial charge in [0.15, 0.2) is 0 Å². The zero-order chi connectivity index (χ0) is 19.3. The number of hydrogen-bond acceptors (Lipinski definition) is 4. The number of aliphatic hydroxyl groups excluding tert-OH is 1. The highest BCUT2D eigenvalue weighted by Crippen LogP contribution is 2.44. The van der Waals surface area contributed by atoms with E-state index < -0.39 is 6.10 Å². The molecule has 144 valence electrons. The van der Waals surface area contributed by atoms with Crippen molar-refractivity contribution in [3.8, 4) is 5.75 Å². The summed E-state index contributed by atoms with van der Waals surface area (Å²) < 4.78 is 11.8. The van der Waals surface area contributed by atoms with E-state index >= 15 is 0 Å². The van der Waals surface area contributed by atoms with Crippen LogP contribution in [0.2, 0.25) is 0 Å². The molecule has 0 bridgehead atoms. The van der Waals surface area contributed by atoms with Crippen LogP contribution in [0.15, 0.2) is 6.07 Å². The summed E-state index contributed by atoms with van der Waals surface area (Å²) >= 11 is 0. The highest BCUT2D eigenvalue weighted by atomic mass is 16.5. The van der Waals surface area contributed by atoms with Crippen molar-refractivity contribution in [3.05, 3.63) is 28.3 Å². The summed E-state index contributed by atoms with van der Waals surface area (Å²) in [7, 11) is 0. The van der Waals surface area contributed by atoms with Gasteiger partial charge in [-0.2, -0.15) is 0 Å². The lowest BCUT2D eigenvalue weighted by Gasteiger charge is -2.29. The van der Waals surface area contributed by atoms with E-state index in [0.29, 0.717) is 12.8 Å². The van der Waals surface area contributed by atoms with Crippen LogP contribution in [-0.4, -0.2) is 28.9 Å². The number of cyclic esters (lactones) is 1. The summed E-state index contributed by atoms with van der Waals surface area (Å²) in [6.45, 7) is 13.1. The molecule has 2 aliphatic rings. The predicted molar refractivity (Wildman–Crippen MR) is 102 cm³/mol. The number of rotatable bonds is 3. The number of aliphatic hydroxyl groups is 1. The molecule has 0 aliphatic carbocycles. The Hall–Kier alpha value is -1.55. The molecule has 4 heteroatoms. The summed E-state index contributed by atoms with van der Waals surface area (Å²) in [4.78, 5) is 11.6. The lowest BCUT2D eigenvalue weighted by Crippen LogP contribution is -2.33. The van der Waals surface area contributed by atoms with Gasteiger partial charge in [-0.1, -0.05) is 26.8 Å². The van der Waals surface area contributed by atoms with Crippen molar-refractivity contribution in [2.45, 2.75) is 96.9 Å². The highest BCUT2D eigenvalue weighted by Gasteiger charge is 2.36. The average Bonchev–Trinajstić information content (AvgIpc) is 2.80. The monoisotopic (exact) mass is 360 g/mol. The second-order valence-electron chi connectivity index (χ2n) is 9.56. The molecule has 0 aromatic heterocycles. The number of carbonyl (C=O) groups excluding carboxylic acids is 1. The molecule has 0 spiro atoms. The minimum Gasteiger partial charge on any atom is -0.487 e. The molecule has 26 heavy (non-hydrogen) atoms. The zero-order valence-electron chi connectivity index (χ0n) is 16.9. The van der Waals surface area contributed by atoms with Gasteiger partial charge in [0.05, 0.1) is 12.5 Å². The molecule has 3 rings (SSSR count). The Morgan fingerprint density at radius 3 is 2.62 bits per heavy atom. The van der Waals surface area contributed by atoms with Crippen LogP contribution in [0.3, 0.4) is 0 Å². The quantitative estimate of drug-likeness (QED) is 0.828. The third-order valence-corrected chi connectivity index (χ3v) is 5.45. The molecule has 0 amide bonds. The Morgan fingerprint density at radius 1 is 1.31 bits per heavy atom. The second kappa shape index (κ2) is 6.56. The SMILES string of the molecule is Cc1cc(C(C)(C)C)c(CC[C@H]2C[C@H](O)CC(=O)O2)c2c1CC(C)(C)O2. The highest BCUT2D eigenvalue weighted by molar-refractivity contribution is 5.71. The fraction of sp³-hybridized carbons (Fsp3) is 0.682. The summed E-state index contributed by atoms with van der Waals surface area (Å²) in [5.74, 6) is 0.735. The van der Waals surface area contributed by atoms with Crippen molar-refractivity contribution >= 4 is 5.97 Å². The summed E-state index contributed by atoms with van der Waals surface area (Å²) in [6, 6.07) is 2.31. The van der Waals surface area contributed by atoms with E-state index in [9.17, 15) is 9.90 Å². The molecule has 1 aromatic carbocycles. The first kappa shape index (κ1) is 19.2. The smallest absolute Gasteiger partial charge is 0.308 e. The molecule has 1 aromatic rings. The molecule has 2 atom stereocenters. The maximum atomic E-state index is 11.6. The standard InChI is InChI=1S/C22H32O4/c1-13-9-18(21(2,3)4)16(20-17(13)12-22(5,6)26-20)8-7-15-10-14(23)11-19(24)25-15/h9,14-15,23H,7-8,10-12H2,1-6H3/t14-,15-/m0/s1. The van der Waals surface area contributed by atoms with Gasteiger partial charge in [0, 0.05) is 18.4 Å². The molecule has 0 unspecified atom stereocenters. The minimum atomic E-state index is -0.581. The molecule has 1 N–H and O–H groups in total. The third kappa shape index (κ3) is 3.90. The Morgan fingerprint density at radius 2 is 2.00 bits per heavy atom. The Balaban J connectivity index is 1.92. The first-order valence-corrected chi connectivity index (χ1v) is 9.68. The van der Waals surface area contributed by atoms with Gasteiger partial charge in [-0.3, -0.25) is 4.79 Å². The molecule has 2 heterocycles. The summed E-state index contributed by atoms with van der Waals surface area (Å²) in [5, 5.41) is 9.87. The molecule has 0 saturated carbocycles. The van der Waals surface area contributed by atoms with E-state index in [1.807, 2.05) is 0 Å². The van der Waals surface area contributed by atoms with Crippen LogP contribution >= 0.6 is 0 Å². The van der Waals surface area contributed by atoms with E-state index in [4.69, 9.17) is 9.47 Å². The molecular formula is C22H32O4. The number of fused-ring (bicyclic) bond motifs is 1. The Kier molecular flexibility index (Phi) is 4.85. The first-order chi connectivity index (χ1) is 12.0. The van der Waals surface area contributed by atoms with Gasteiger partial charge in [0.1, 0.15) is 17.5 Å². The van der Waals surface area contributed by atoms with Gasteiger partial charge in [0.2, 0.25) is 0 Å². The lowest BCUT2D eigenvalue weighted by atomic mass is 9.79. The van der Waals surface area contributed by atoms with Crippen LogP contribution in [0.5, 0.6) is 5.75 Å². The maximum Gasteiger partial charge on any atom is 0.308 e. The van der Waals surface area contributed by atoms with Crippen LogP contribution in [0.4, 0.5) is 0 Å². The second-order valence-corrected chi connectivity index (χ2v) is 9.56. The lowest BCUT2D eigenvalue weighted by molar-refractivity contribution is -0.160. The third-order valence-electron chi connectivity index (χ3n) is 5.45. The average molecular weight is 360 g/mol. The van der Waals surface area contributed by atoms with Crippen molar-refractivity contribution < 1.29 is 19.4 Å². The maximum absolute atomic E-state index is 11.6. The van der Waals surface area contributed by atoms with Gasteiger partial charge in [-0.15, -0.1) is 0 Å². The number of hydrogen-bond donors (Lipinski definition) is 1. The molecule has 2 aliphatic heterocycles. The fourth-order valence-electron chi connectivity index (χ4n) is 4.22. The van der Waals surface area contributed by atoms with Crippen LogP contribution in [0, 0.1) is 6.92 Å². The first-order valence-electron chi connectivity index (χ1n) is 9.68. The summed E-state index contributed by atoms with van der Waals surface area (Å²) in [6.07, 6.45) is 2.26. The van der Waals surface area contributed by atoms with Crippen molar-refractivity contribution in [1.82, 2.24) is 0 Å². The Labute approximate surface area is 156 Å². The number of esters is 1. The van der Waals surface area contributed by atoms with E-state index in [1.165, 1.54) is 22.3 Å². The number of ether oxygens (including phenoxy) is 2. The molecule has 4 nitrogen and oxygen atoms in total. The van der Waals surface area contributed by atoms with E-state index in [0.717, 1.165) is 18.6 Å². The van der Waals surface area contributed by atoms with Crippen LogP contribution < -0.4 is 4.74 Å². The van der Waals surface area contributed by atoms with Crippen LogP contribution in [0.1, 0.15) is 76.1 Å². The predicted octanol–water partition coefficient (Wildman–Crippen LogP) is 4.01. The van der Waals surface area contributed by atoms with Gasteiger partial charge >= 0.3 is 5.97 Å². The minimum absolute atomic E-state index is 0.00791. The Bertz CT molecular complexity index is 712. The molecule has 0 radical (unpaired) electrons. The van der Waals surface area contributed by atoms with E-state index in [-0.39, 0.29) is 29.5 Å². The fourth-order valence-corrected chi connectivity index (χ4v) is 4.22. The molecule has 1 fully saturated rings. The van der Waals surface area contributed by atoms with E-state index in [1.54, 1.807) is 0 Å². The number of aryl methyl sites for hydroxylation is 1. The van der Waals surface area contributed by atoms with Gasteiger partial charge in [0.25, 0.3) is 0 Å². The van der Waals surface area contributed by atoms with Crippen molar-refractivity contribution in [2.24, 2.45) is 0 Å². The van der Waals surface area contributed by atoms with Gasteiger partial charge in [-0.05, 0) is 55.7 Å². The summed E-state index contributed by atoms with van der Waals surface area (Å²) in [5.41, 5.74) is 4.95. The van der Waals surface area contributed by atoms with Gasteiger partial charge < -0.3 is 14.6 Å². The molecular weight excluding hydrogens is 328 g/mol. The van der Waals surface area contributed by atoms with Crippen molar-refractivity contribution in [2.75, 3.05) is 0 Å².